The summed E-state index contributed by atoms with van der Waals surface area (Å²) in [6.45, 7) is 9.40. The molecule has 0 aromatic heterocycles. The maximum atomic E-state index is 6.75. The summed E-state index contributed by atoms with van der Waals surface area (Å²) in [6, 6.07) is 10.7. The first-order chi connectivity index (χ1) is 9.72. The van der Waals surface area contributed by atoms with E-state index in [4.69, 9.17) is 3.79 Å². The molecule has 0 N–H and O–H groups in total. The van der Waals surface area contributed by atoms with E-state index in [0.717, 1.165) is 0 Å². The number of piperidine rings is 1. The molecule has 1 unspecified atom stereocenters. The summed E-state index contributed by atoms with van der Waals surface area (Å²) in [7, 11) is 0. The zero-order chi connectivity index (χ0) is 14.4. The minimum atomic E-state index is -2.09. The van der Waals surface area contributed by atoms with Gasteiger partial charge in [-0.3, -0.25) is 0 Å². The normalized spacial score (nSPS) is 18.0. The molecule has 2 nitrogen and oxygen atoms in total. The van der Waals surface area contributed by atoms with Crippen LogP contribution in [0, 0.1) is 0 Å². The number of rotatable bonds is 6. The van der Waals surface area contributed by atoms with Crippen molar-refractivity contribution in [2.75, 3.05) is 13.1 Å². The number of hydrogen-bond acceptors (Lipinski definition) is 2. The van der Waals surface area contributed by atoms with E-state index < -0.39 is 13.6 Å². The average molecular weight is 313 g/mol. The van der Waals surface area contributed by atoms with E-state index in [9.17, 15) is 0 Å². The maximum absolute atomic E-state index is 6.75. The summed E-state index contributed by atoms with van der Waals surface area (Å²) in [6.07, 6.45) is 4.33. The second kappa shape index (κ2) is 9.73. The van der Waals surface area contributed by atoms with Crippen LogP contribution >= 0.6 is 0 Å². The Kier molecular flexibility index (Phi) is 9.14. The molecule has 0 saturated carbocycles. The van der Waals surface area contributed by atoms with Crippen molar-refractivity contribution in [1.29, 1.82) is 0 Å². The molecule has 112 valence electrons. The van der Waals surface area contributed by atoms with E-state index in [1.807, 2.05) is 0 Å². The van der Waals surface area contributed by atoms with Crippen LogP contribution in [0.5, 0.6) is 0 Å². The van der Waals surface area contributed by atoms with Gasteiger partial charge >= 0.3 is 43.2 Å². The van der Waals surface area contributed by atoms with Crippen molar-refractivity contribution in [2.24, 2.45) is 0 Å². The molecule has 0 bridgehead atoms. The summed E-state index contributed by atoms with van der Waals surface area (Å²) in [5, 5.41) is 2.45. The molecule has 21 heavy (non-hydrogen) atoms. The summed E-state index contributed by atoms with van der Waals surface area (Å²) in [5.41, 5.74) is 1.32. The fourth-order valence-corrected chi connectivity index (χ4v) is 8.05. The Morgan fingerprint density at radius 1 is 1.05 bits per heavy atom. The third kappa shape index (κ3) is 5.08. The van der Waals surface area contributed by atoms with Crippen molar-refractivity contribution in [3.05, 3.63) is 35.9 Å². The van der Waals surface area contributed by atoms with Crippen molar-refractivity contribution < 1.29 is 33.3 Å². The average Bonchev–Trinajstić information content (AvgIpc) is 2.54. The second-order valence-corrected chi connectivity index (χ2v) is 11.0. The Hall–Kier alpha value is 0.672. The predicted molar refractivity (Wildman–Crippen MR) is 88.1 cm³/mol. The minimum absolute atomic E-state index is 0. The van der Waals surface area contributed by atoms with E-state index in [1.165, 1.54) is 48.5 Å². The van der Waals surface area contributed by atoms with Crippen LogP contribution in [-0.4, -0.2) is 30.6 Å². The topological polar surface area (TPSA) is 12.5 Å². The van der Waals surface area contributed by atoms with Crippen LogP contribution in [0.25, 0.3) is 0 Å². The van der Waals surface area contributed by atoms with Crippen molar-refractivity contribution in [3.8, 4) is 0 Å². The fourth-order valence-electron chi connectivity index (χ4n) is 3.66. The zero-order valence-corrected chi connectivity index (χ0v) is 17.5. The van der Waals surface area contributed by atoms with E-state index >= 15 is 0 Å². The molecule has 1 saturated heterocycles. The molecule has 0 radical (unpaired) electrons. The maximum Gasteiger partial charge on any atom is 1.00 e. The first kappa shape index (κ1) is 19.7. The van der Waals surface area contributed by atoms with Crippen LogP contribution < -0.4 is 29.6 Å². The summed E-state index contributed by atoms with van der Waals surface area (Å²) in [5.74, 6) is 0. The van der Waals surface area contributed by atoms with Crippen molar-refractivity contribution in [3.63, 3.8) is 0 Å². The van der Waals surface area contributed by atoms with Crippen LogP contribution in [0.3, 0.4) is 0 Å². The van der Waals surface area contributed by atoms with Crippen molar-refractivity contribution >= 4 is 13.6 Å². The van der Waals surface area contributed by atoms with Gasteiger partial charge in [0.15, 0.2) is 0 Å². The Morgan fingerprint density at radius 3 is 2.14 bits per heavy atom. The predicted octanol–water partition coefficient (Wildman–Crippen LogP) is 1.74. The van der Waals surface area contributed by atoms with Gasteiger partial charge < -0.3 is 7.67 Å². The monoisotopic (exact) mass is 313 g/mol. The Labute approximate surface area is 155 Å². The summed E-state index contributed by atoms with van der Waals surface area (Å²) >= 11 is -2.09. The van der Waals surface area contributed by atoms with Gasteiger partial charge in [-0.15, -0.1) is 0 Å². The van der Waals surface area contributed by atoms with Gasteiger partial charge in [0.1, 0.15) is 0 Å². The van der Waals surface area contributed by atoms with Crippen molar-refractivity contribution in [1.82, 2.24) is 3.88 Å². The van der Waals surface area contributed by atoms with Crippen molar-refractivity contribution in [2.45, 2.75) is 56.7 Å². The molecule has 1 aliphatic heterocycles. The molecule has 1 heterocycles. The molecule has 0 aliphatic carbocycles. The van der Waals surface area contributed by atoms with Gasteiger partial charge in [-0.05, 0) is 38.4 Å². The van der Waals surface area contributed by atoms with E-state index in [0.29, 0.717) is 0 Å². The van der Waals surface area contributed by atoms with Gasteiger partial charge in [0.2, 0.25) is 0 Å². The quantitative estimate of drug-likeness (QED) is 0.742. The molecule has 2 rings (SSSR count). The molecule has 1 aliphatic rings. The first-order valence-electron chi connectivity index (χ1n) is 8.37. The fraction of sp³-hybridized carbons (Fsp3) is 0.647. The zero-order valence-electron chi connectivity index (χ0n) is 14.3. The third-order valence-electron chi connectivity index (χ3n) is 5.06. The third-order valence-corrected chi connectivity index (χ3v) is 10.4. The van der Waals surface area contributed by atoms with Gasteiger partial charge in [-0.25, -0.2) is 0 Å². The summed E-state index contributed by atoms with van der Waals surface area (Å²) < 4.78 is 9.50. The Balaban J connectivity index is 0.00000220. The minimum Gasteiger partial charge on any atom is -0.640 e. The smallest absolute Gasteiger partial charge is 0.640 e. The van der Waals surface area contributed by atoms with E-state index in [1.54, 1.807) is 0 Å². The molecule has 4 heteroatoms. The molecular formula is C17H29AlNNaO. The van der Waals surface area contributed by atoms with E-state index in [2.05, 4.69) is 55.0 Å². The van der Waals surface area contributed by atoms with Crippen LogP contribution in [-0.2, 0) is 3.79 Å². The largest absolute Gasteiger partial charge is 1.00 e. The SMILES string of the molecule is C[CH2][Al-]([CH2]C)([O]C(C)c1ccccc1)[N]1CCCCC1.[Na+]. The molecule has 1 aromatic carbocycles. The van der Waals surface area contributed by atoms with Gasteiger partial charge in [-0.1, -0.05) is 50.6 Å². The number of nitrogens with zero attached hydrogens (tertiary/aromatic N) is 1. The molecule has 0 amide bonds. The molecule has 1 aromatic rings. The number of benzene rings is 1. The Bertz CT molecular complexity index is 391. The second-order valence-electron chi connectivity index (χ2n) is 6.19. The van der Waals surface area contributed by atoms with Crippen LogP contribution in [0.15, 0.2) is 30.3 Å². The van der Waals surface area contributed by atoms with E-state index in [-0.39, 0.29) is 35.7 Å². The van der Waals surface area contributed by atoms with Gasteiger partial charge in [-0.2, -0.15) is 10.6 Å². The molecule has 1 fully saturated rings. The Morgan fingerprint density at radius 2 is 1.62 bits per heavy atom. The summed E-state index contributed by atoms with van der Waals surface area (Å²) in [4.78, 5) is 0. The molecule has 1 atom stereocenters. The first-order valence-corrected chi connectivity index (χ1v) is 11.0. The van der Waals surface area contributed by atoms with Crippen LogP contribution in [0.2, 0.25) is 10.6 Å². The van der Waals surface area contributed by atoms with Crippen LogP contribution in [0.4, 0.5) is 0 Å². The van der Waals surface area contributed by atoms with Gasteiger partial charge in [0.05, 0.1) is 0 Å². The standard InChI is InChI=1S/C8H9O.C5H10N.2C2H5.Al.Na/c1-7(9)8-5-3-2-4-6-8;1-2-4-6-5-3-1;2*1-2;;/h2-7H,1H3;1-5H2;2*1H2,2H3;;/q2*-1;;;2*+1. The molecule has 0 spiro atoms. The number of hydrogen-bond donors (Lipinski definition) is 0. The van der Waals surface area contributed by atoms with Gasteiger partial charge in [0, 0.05) is 6.10 Å². The molecular weight excluding hydrogens is 284 g/mol. The van der Waals surface area contributed by atoms with Crippen LogP contribution in [0.1, 0.15) is 51.7 Å². The van der Waals surface area contributed by atoms with Gasteiger partial charge in [0.25, 0.3) is 0 Å².